The van der Waals surface area contributed by atoms with E-state index >= 15 is 0 Å². The van der Waals surface area contributed by atoms with Crippen molar-refractivity contribution < 1.29 is 47.1 Å². The van der Waals surface area contributed by atoms with E-state index in [0.717, 1.165) is 40.8 Å². The Kier molecular flexibility index (Phi) is 7.54. The average Bonchev–Trinajstić information content (AvgIpc) is 3.49. The number of nitrogen functional groups attached to an aromatic ring is 1. The number of anilines is 1. The highest BCUT2D eigenvalue weighted by molar-refractivity contribution is 8.00. The normalized spacial score (nSPS) is 24.0. The fourth-order valence-electron chi connectivity index (χ4n) is 4.70. The first-order chi connectivity index (χ1) is 19.4. The maximum Gasteiger partial charge on any atom is 0.491 e. The lowest BCUT2D eigenvalue weighted by molar-refractivity contribution is -0.201. The maximum absolute atomic E-state index is 13.3. The Hall–Kier alpha value is -3.93. The summed E-state index contributed by atoms with van der Waals surface area (Å²) in [6, 6.07) is -1.28. The number of hydrogen-bond donors (Lipinski definition) is 4. The molecule has 41 heavy (non-hydrogen) atoms. The van der Waals surface area contributed by atoms with Crippen LogP contribution >= 0.6 is 23.1 Å². The number of carbonyl (C=O) groups is 5. The fraction of sp³-hybridized carbons (Fsp3) is 0.435. The number of β-lactam (4-membered cyclic amide) rings is 1. The van der Waals surface area contributed by atoms with Gasteiger partial charge in [0.1, 0.15) is 22.8 Å². The highest BCUT2D eigenvalue weighted by atomic mass is 32.2. The third-order valence-electron chi connectivity index (χ3n) is 6.80. The van der Waals surface area contributed by atoms with Gasteiger partial charge < -0.3 is 26.3 Å². The van der Waals surface area contributed by atoms with Crippen LogP contribution in [-0.4, -0.2) is 80.4 Å². The van der Waals surface area contributed by atoms with Crippen LogP contribution in [-0.2, 0) is 28.7 Å². The van der Waals surface area contributed by atoms with Crippen molar-refractivity contribution in [3.8, 4) is 0 Å². The number of amides is 3. The second-order valence-corrected chi connectivity index (χ2v) is 11.5. The van der Waals surface area contributed by atoms with Crippen LogP contribution in [0.25, 0.3) is 0 Å². The number of alkyl halides is 3. The Bertz CT molecular complexity index is 1450. The molecule has 0 radical (unpaired) electrons. The van der Waals surface area contributed by atoms with Crippen LogP contribution in [0.1, 0.15) is 31.4 Å². The summed E-state index contributed by atoms with van der Waals surface area (Å²) in [6.07, 6.45) is -3.12. The van der Waals surface area contributed by atoms with E-state index in [0.29, 0.717) is 30.5 Å². The van der Waals surface area contributed by atoms with E-state index in [1.807, 2.05) is 0 Å². The predicted molar refractivity (Wildman–Crippen MR) is 136 cm³/mol. The summed E-state index contributed by atoms with van der Waals surface area (Å²) >= 11 is 2.06. The molecule has 13 nitrogen and oxygen atoms in total. The number of hydrogen-bond acceptors (Lipinski definition) is 12. The zero-order valence-corrected chi connectivity index (χ0v) is 22.5. The number of rotatable bonds is 7. The quantitative estimate of drug-likeness (QED) is 0.0650. The van der Waals surface area contributed by atoms with Gasteiger partial charge >= 0.3 is 18.1 Å². The molecule has 3 fully saturated rings. The Labute approximate surface area is 237 Å². The molecule has 5 N–H and O–H groups in total. The van der Waals surface area contributed by atoms with Crippen molar-refractivity contribution in [1.29, 1.82) is 0 Å². The lowest BCUT2D eigenvalue weighted by Crippen LogP contribution is -2.71. The summed E-state index contributed by atoms with van der Waals surface area (Å²) in [7, 11) is 0. The van der Waals surface area contributed by atoms with Crippen molar-refractivity contribution in [2.45, 2.75) is 43.3 Å². The number of nitrogens with one attached hydrogen (secondary N) is 2. The van der Waals surface area contributed by atoms with Gasteiger partial charge in [0.05, 0.1) is 0 Å². The van der Waals surface area contributed by atoms with Gasteiger partial charge in [0.25, 0.3) is 11.8 Å². The number of nitrogens with two attached hydrogens (primary N) is 1. The van der Waals surface area contributed by atoms with Crippen LogP contribution in [0.5, 0.6) is 0 Å². The van der Waals surface area contributed by atoms with E-state index in [9.17, 15) is 42.4 Å². The van der Waals surface area contributed by atoms with Gasteiger partial charge in [-0.15, -0.1) is 23.1 Å². The number of thiazole rings is 1. The maximum atomic E-state index is 13.3. The van der Waals surface area contributed by atoms with Crippen LogP contribution in [0.3, 0.4) is 0 Å². The number of halogens is 3. The Morgan fingerprint density at radius 2 is 2.02 bits per heavy atom. The van der Waals surface area contributed by atoms with Crippen molar-refractivity contribution in [1.82, 2.24) is 20.5 Å². The van der Waals surface area contributed by atoms with E-state index in [-0.39, 0.29) is 28.1 Å². The molecular formula is C23H21F3N6O7S2. The molecule has 18 heteroatoms. The third-order valence-corrected chi connectivity index (χ3v) is 8.75. The summed E-state index contributed by atoms with van der Waals surface area (Å²) < 4.78 is 43.0. The van der Waals surface area contributed by atoms with E-state index in [4.69, 9.17) is 5.73 Å². The Morgan fingerprint density at radius 1 is 1.29 bits per heavy atom. The first kappa shape index (κ1) is 28.6. The van der Waals surface area contributed by atoms with E-state index in [1.54, 1.807) is 0 Å². The van der Waals surface area contributed by atoms with Crippen molar-refractivity contribution >= 4 is 63.6 Å². The minimum atomic E-state index is -5.48. The number of fused-ring (bicyclic) bond motifs is 1. The highest BCUT2D eigenvalue weighted by Crippen LogP contribution is 2.47. The number of allylic oxidation sites excluding steroid dienone is 1. The molecule has 1 aromatic heterocycles. The molecule has 218 valence electrons. The number of esters is 2. The molecule has 1 aromatic rings. The van der Waals surface area contributed by atoms with Crippen LogP contribution < -0.4 is 16.4 Å². The van der Waals surface area contributed by atoms with Crippen molar-refractivity contribution in [3.63, 3.8) is 0 Å². The number of oxime groups is 1. The molecular weight excluding hydrogens is 593 g/mol. The van der Waals surface area contributed by atoms with Gasteiger partial charge in [0.15, 0.2) is 10.8 Å². The largest absolute Gasteiger partial charge is 0.491 e. The van der Waals surface area contributed by atoms with E-state index in [2.05, 4.69) is 25.5 Å². The molecule has 3 amide bonds. The third kappa shape index (κ3) is 5.52. The SMILES string of the molecule is Nc1nc(/C(=N/O)C(=O)N[C@@H]2C(=O)N3C(C(=O)OC(=O)C(F)(F)F)=C(/C(CC4CC4)=C4\CCNC4=O)CS[C@H]23)cs1. The monoisotopic (exact) mass is 614 g/mol. The Morgan fingerprint density at radius 3 is 2.59 bits per heavy atom. The van der Waals surface area contributed by atoms with Crippen LogP contribution in [0.15, 0.2) is 33.0 Å². The first-order valence-corrected chi connectivity index (χ1v) is 14.1. The zero-order valence-electron chi connectivity index (χ0n) is 20.8. The van der Waals surface area contributed by atoms with Crippen molar-refractivity contribution in [2.24, 2.45) is 11.1 Å². The topological polar surface area (TPSA) is 193 Å². The second kappa shape index (κ2) is 10.8. The molecule has 1 saturated carbocycles. The fourth-order valence-corrected chi connectivity index (χ4v) is 6.63. The lowest BCUT2D eigenvalue weighted by Gasteiger charge is -2.50. The molecule has 3 aliphatic heterocycles. The smallest absolute Gasteiger partial charge is 0.410 e. The summed E-state index contributed by atoms with van der Waals surface area (Å²) in [5, 5.41) is 17.8. The van der Waals surface area contributed by atoms with Gasteiger partial charge in [0, 0.05) is 23.3 Å². The molecule has 5 rings (SSSR count). The minimum absolute atomic E-state index is 0.0339. The van der Waals surface area contributed by atoms with Crippen LogP contribution in [0, 0.1) is 5.92 Å². The van der Waals surface area contributed by atoms with Crippen LogP contribution in [0.4, 0.5) is 18.3 Å². The molecule has 1 aliphatic carbocycles. The van der Waals surface area contributed by atoms with Gasteiger partial charge in [-0.2, -0.15) is 13.2 Å². The molecule has 0 bridgehead atoms. The van der Waals surface area contributed by atoms with Crippen LogP contribution in [0.2, 0.25) is 0 Å². The number of aromatic nitrogens is 1. The van der Waals surface area contributed by atoms with Gasteiger partial charge in [-0.1, -0.05) is 5.16 Å². The van der Waals surface area contributed by atoms with E-state index < -0.39 is 58.7 Å². The van der Waals surface area contributed by atoms with Gasteiger partial charge in [-0.05, 0) is 42.7 Å². The number of thioether (sulfide) groups is 1. The molecule has 4 aliphatic rings. The molecule has 0 aromatic carbocycles. The zero-order chi connectivity index (χ0) is 29.6. The molecule has 4 heterocycles. The molecule has 0 spiro atoms. The predicted octanol–water partition coefficient (Wildman–Crippen LogP) is 0.806. The number of carbonyl (C=O) groups excluding carboxylic acids is 5. The van der Waals surface area contributed by atoms with Gasteiger partial charge in [-0.3, -0.25) is 19.3 Å². The number of nitrogens with zero attached hydrogens (tertiary/aromatic N) is 3. The molecule has 2 atom stereocenters. The summed E-state index contributed by atoms with van der Waals surface area (Å²) in [5.74, 6) is -6.59. The standard InChI is InChI=1S/C23H21F3N6O7S2/c24-23(25,26)21(37)39-20(36)15-11(10(5-8-1-2-8)9-3-4-28-16(9)33)6-40-19-14(18(35)32(15)19)30-17(34)13(31-38)12-7-41-22(27)29-12/h7-8,14,19,38H,1-6H2,(H2,27,29)(H,28,33)(H,30,34)/b10-9+,31-13-/t14-,19-/m1/s1. The minimum Gasteiger partial charge on any atom is -0.410 e. The highest BCUT2D eigenvalue weighted by Gasteiger charge is 2.56. The lowest BCUT2D eigenvalue weighted by atomic mass is 9.91. The number of ether oxygens (including phenoxy) is 1. The summed E-state index contributed by atoms with van der Waals surface area (Å²) in [6.45, 7) is 0.327. The summed E-state index contributed by atoms with van der Waals surface area (Å²) in [5.41, 5.74) is 5.26. The van der Waals surface area contributed by atoms with Crippen molar-refractivity contribution in [3.05, 3.63) is 33.5 Å². The van der Waals surface area contributed by atoms with Gasteiger partial charge in [-0.25, -0.2) is 14.6 Å². The van der Waals surface area contributed by atoms with Crippen molar-refractivity contribution in [2.75, 3.05) is 18.0 Å². The summed E-state index contributed by atoms with van der Waals surface area (Å²) in [4.78, 5) is 68.0. The molecule has 0 unspecified atom stereocenters. The average molecular weight is 615 g/mol. The molecule has 2 saturated heterocycles. The van der Waals surface area contributed by atoms with Gasteiger partial charge in [0.2, 0.25) is 5.91 Å². The van der Waals surface area contributed by atoms with E-state index in [1.165, 1.54) is 5.38 Å². The second-order valence-electron chi connectivity index (χ2n) is 9.49. The first-order valence-electron chi connectivity index (χ1n) is 12.2. The Balaban J connectivity index is 1.48.